The second kappa shape index (κ2) is 6.36. The third-order valence-corrected chi connectivity index (χ3v) is 3.92. The summed E-state index contributed by atoms with van der Waals surface area (Å²) in [7, 11) is 0. The lowest BCUT2D eigenvalue weighted by Crippen LogP contribution is -2.09. The number of nitrogens with two attached hydrogens (primary N) is 1. The van der Waals surface area contributed by atoms with Crippen LogP contribution in [0.4, 0.5) is 0 Å². The largest absolute Gasteiger partial charge is 0.493 e. The molecule has 0 bridgehead atoms. The van der Waals surface area contributed by atoms with Gasteiger partial charge in [0.2, 0.25) is 0 Å². The van der Waals surface area contributed by atoms with Gasteiger partial charge >= 0.3 is 0 Å². The lowest BCUT2D eigenvalue weighted by Gasteiger charge is -2.14. The van der Waals surface area contributed by atoms with Crippen molar-refractivity contribution in [1.82, 2.24) is 0 Å². The summed E-state index contributed by atoms with van der Waals surface area (Å²) in [6.07, 6.45) is 0.929. The number of ether oxygens (including phenoxy) is 1. The topological polar surface area (TPSA) is 35.2 Å². The predicted octanol–water partition coefficient (Wildman–Crippen LogP) is 4.15. The van der Waals surface area contributed by atoms with Crippen molar-refractivity contribution in [3.63, 3.8) is 0 Å². The van der Waals surface area contributed by atoms with E-state index in [0.717, 1.165) is 22.2 Å². The SMILES string of the molecule is C[C@@H](N)c1cc(Br)ccc1OCCc1ccsc1. The van der Waals surface area contributed by atoms with Crippen molar-refractivity contribution >= 4 is 27.3 Å². The van der Waals surface area contributed by atoms with Crippen molar-refractivity contribution in [2.45, 2.75) is 19.4 Å². The first kappa shape index (κ1) is 13.6. The molecule has 0 amide bonds. The van der Waals surface area contributed by atoms with E-state index in [2.05, 4.69) is 32.8 Å². The highest BCUT2D eigenvalue weighted by Gasteiger charge is 2.08. The summed E-state index contributed by atoms with van der Waals surface area (Å²) >= 11 is 5.17. The number of benzene rings is 1. The molecule has 0 radical (unpaired) electrons. The van der Waals surface area contributed by atoms with Crippen LogP contribution in [-0.4, -0.2) is 6.61 Å². The molecule has 0 spiro atoms. The molecule has 96 valence electrons. The van der Waals surface area contributed by atoms with E-state index in [1.165, 1.54) is 5.56 Å². The van der Waals surface area contributed by atoms with E-state index >= 15 is 0 Å². The molecule has 18 heavy (non-hydrogen) atoms. The van der Waals surface area contributed by atoms with Crippen LogP contribution in [0.2, 0.25) is 0 Å². The smallest absolute Gasteiger partial charge is 0.124 e. The summed E-state index contributed by atoms with van der Waals surface area (Å²) in [6.45, 7) is 2.64. The molecule has 1 heterocycles. The van der Waals surface area contributed by atoms with Crippen molar-refractivity contribution < 1.29 is 4.74 Å². The number of thiophene rings is 1. The normalized spacial score (nSPS) is 12.4. The molecule has 1 atom stereocenters. The maximum atomic E-state index is 5.95. The maximum absolute atomic E-state index is 5.95. The van der Waals surface area contributed by atoms with Crippen LogP contribution < -0.4 is 10.5 Å². The third kappa shape index (κ3) is 3.57. The van der Waals surface area contributed by atoms with Crippen molar-refractivity contribution in [3.8, 4) is 5.75 Å². The molecule has 1 aromatic carbocycles. The van der Waals surface area contributed by atoms with E-state index in [9.17, 15) is 0 Å². The zero-order valence-corrected chi connectivity index (χ0v) is 12.6. The van der Waals surface area contributed by atoms with Gasteiger partial charge in [-0.2, -0.15) is 11.3 Å². The van der Waals surface area contributed by atoms with E-state index in [1.807, 2.05) is 25.1 Å². The molecule has 4 heteroatoms. The Labute approximate surface area is 120 Å². The fourth-order valence-electron chi connectivity index (χ4n) is 1.72. The summed E-state index contributed by atoms with van der Waals surface area (Å²) in [6, 6.07) is 8.06. The number of halogens is 1. The zero-order chi connectivity index (χ0) is 13.0. The molecule has 0 aliphatic carbocycles. The van der Waals surface area contributed by atoms with Crippen molar-refractivity contribution in [2.75, 3.05) is 6.61 Å². The van der Waals surface area contributed by atoms with Crippen LogP contribution in [0.25, 0.3) is 0 Å². The van der Waals surface area contributed by atoms with Gasteiger partial charge in [0.1, 0.15) is 5.75 Å². The van der Waals surface area contributed by atoms with Crippen molar-refractivity contribution in [3.05, 3.63) is 50.6 Å². The highest BCUT2D eigenvalue weighted by atomic mass is 79.9. The molecule has 2 nitrogen and oxygen atoms in total. The van der Waals surface area contributed by atoms with E-state index in [0.29, 0.717) is 6.61 Å². The minimum Gasteiger partial charge on any atom is -0.493 e. The Kier molecular flexibility index (Phi) is 4.80. The standard InChI is InChI=1S/C14H16BrNOS/c1-10(16)13-8-12(15)2-3-14(13)17-6-4-11-5-7-18-9-11/h2-3,5,7-10H,4,6,16H2,1H3/t10-/m1/s1. The first-order valence-corrected chi connectivity index (χ1v) is 7.59. The highest BCUT2D eigenvalue weighted by molar-refractivity contribution is 9.10. The highest BCUT2D eigenvalue weighted by Crippen LogP contribution is 2.27. The average molecular weight is 326 g/mol. The first-order valence-electron chi connectivity index (χ1n) is 5.85. The lowest BCUT2D eigenvalue weighted by atomic mass is 10.1. The summed E-state index contributed by atoms with van der Waals surface area (Å²) in [5, 5.41) is 4.24. The van der Waals surface area contributed by atoms with Gasteiger partial charge in [-0.05, 0) is 47.5 Å². The average Bonchev–Trinajstić information content (AvgIpc) is 2.84. The van der Waals surface area contributed by atoms with Crippen molar-refractivity contribution in [1.29, 1.82) is 0 Å². The van der Waals surface area contributed by atoms with E-state index in [-0.39, 0.29) is 6.04 Å². The Balaban J connectivity index is 2.00. The molecule has 2 N–H and O–H groups in total. The number of hydrogen-bond acceptors (Lipinski definition) is 3. The van der Waals surface area contributed by atoms with Crippen LogP contribution in [-0.2, 0) is 6.42 Å². The molecule has 0 aliphatic rings. The first-order chi connectivity index (χ1) is 8.66. The molecule has 2 rings (SSSR count). The zero-order valence-electron chi connectivity index (χ0n) is 10.2. The van der Waals surface area contributed by atoms with Gasteiger partial charge in [-0.3, -0.25) is 0 Å². The summed E-state index contributed by atoms with van der Waals surface area (Å²) in [5.41, 5.74) is 8.31. The fourth-order valence-corrected chi connectivity index (χ4v) is 2.80. The van der Waals surface area contributed by atoms with Crippen LogP contribution >= 0.6 is 27.3 Å². The monoisotopic (exact) mass is 325 g/mol. The van der Waals surface area contributed by atoms with E-state index in [1.54, 1.807) is 11.3 Å². The molecule has 0 fully saturated rings. The Bertz CT molecular complexity index is 497. The van der Waals surface area contributed by atoms with E-state index < -0.39 is 0 Å². The van der Waals surface area contributed by atoms with Gasteiger partial charge in [0.25, 0.3) is 0 Å². The second-order valence-electron chi connectivity index (χ2n) is 4.20. The minimum atomic E-state index is -0.0290. The summed E-state index contributed by atoms with van der Waals surface area (Å²) in [5.74, 6) is 0.878. The molecule has 0 aliphatic heterocycles. The Hall–Kier alpha value is -0.840. The van der Waals surface area contributed by atoms with Crippen LogP contribution in [0.1, 0.15) is 24.1 Å². The van der Waals surface area contributed by atoms with E-state index in [4.69, 9.17) is 10.5 Å². The van der Waals surface area contributed by atoms with Gasteiger partial charge in [0.15, 0.2) is 0 Å². The predicted molar refractivity (Wildman–Crippen MR) is 80.3 cm³/mol. The molecule has 2 aromatic rings. The fraction of sp³-hybridized carbons (Fsp3) is 0.286. The van der Waals surface area contributed by atoms with Gasteiger partial charge in [-0.15, -0.1) is 0 Å². The molecule has 0 saturated carbocycles. The van der Waals surface area contributed by atoms with Crippen LogP contribution in [0.5, 0.6) is 5.75 Å². The second-order valence-corrected chi connectivity index (χ2v) is 5.90. The lowest BCUT2D eigenvalue weighted by molar-refractivity contribution is 0.317. The maximum Gasteiger partial charge on any atom is 0.124 e. The molecular weight excluding hydrogens is 310 g/mol. The molecule has 0 saturated heterocycles. The molecule has 0 unspecified atom stereocenters. The van der Waals surface area contributed by atoms with Gasteiger partial charge in [-0.25, -0.2) is 0 Å². The Morgan fingerprint density at radius 2 is 2.22 bits per heavy atom. The quantitative estimate of drug-likeness (QED) is 0.896. The number of hydrogen-bond donors (Lipinski definition) is 1. The summed E-state index contributed by atoms with van der Waals surface area (Å²) in [4.78, 5) is 0. The minimum absolute atomic E-state index is 0.0290. The van der Waals surface area contributed by atoms with Gasteiger partial charge in [0, 0.05) is 22.5 Å². The van der Waals surface area contributed by atoms with Crippen LogP contribution in [0.15, 0.2) is 39.5 Å². The van der Waals surface area contributed by atoms with Gasteiger partial charge in [0.05, 0.1) is 6.61 Å². The van der Waals surface area contributed by atoms with Gasteiger partial charge in [-0.1, -0.05) is 15.9 Å². The molecule has 1 aromatic heterocycles. The molecular formula is C14H16BrNOS. The third-order valence-electron chi connectivity index (χ3n) is 2.69. The van der Waals surface area contributed by atoms with Gasteiger partial charge < -0.3 is 10.5 Å². The number of rotatable bonds is 5. The Morgan fingerprint density at radius 1 is 1.39 bits per heavy atom. The van der Waals surface area contributed by atoms with Crippen LogP contribution in [0.3, 0.4) is 0 Å². The Morgan fingerprint density at radius 3 is 2.89 bits per heavy atom. The van der Waals surface area contributed by atoms with Crippen LogP contribution in [0, 0.1) is 0 Å². The van der Waals surface area contributed by atoms with Crippen molar-refractivity contribution in [2.24, 2.45) is 5.73 Å². The summed E-state index contributed by atoms with van der Waals surface area (Å²) < 4.78 is 6.86.